The van der Waals surface area contributed by atoms with E-state index >= 15 is 0 Å². The Hall–Kier alpha value is -1.45. The van der Waals surface area contributed by atoms with E-state index in [1.165, 1.54) is 0 Å². The lowest BCUT2D eigenvalue weighted by Crippen LogP contribution is -2.55. The summed E-state index contributed by atoms with van der Waals surface area (Å²) in [5.74, 6) is 2.24. The normalized spacial score (nSPS) is 41.3. The SMILES string of the molecule is COC1CC(CNC(=O)C2CC(CNC3=NCCN3)CC(C3CCC(F)CC3C)C2N)CC(OC)C1. The van der Waals surface area contributed by atoms with Crippen molar-refractivity contribution in [3.63, 3.8) is 0 Å². The molecule has 9 unspecified atom stereocenters. The van der Waals surface area contributed by atoms with Crippen LogP contribution in [-0.2, 0) is 14.3 Å². The zero-order valence-electron chi connectivity index (χ0n) is 22.4. The maximum absolute atomic E-state index is 14.1. The summed E-state index contributed by atoms with van der Waals surface area (Å²) in [5.41, 5.74) is 6.88. The molecule has 0 aromatic carbocycles. The van der Waals surface area contributed by atoms with Crippen LogP contribution in [0, 0.1) is 35.5 Å². The summed E-state index contributed by atoms with van der Waals surface area (Å²) in [5, 5.41) is 9.98. The van der Waals surface area contributed by atoms with Crippen LogP contribution in [-0.4, -0.2) is 76.7 Å². The minimum Gasteiger partial charge on any atom is -0.381 e. The number of alkyl halides is 1. The van der Waals surface area contributed by atoms with Crippen LogP contribution in [0.2, 0.25) is 0 Å². The Kier molecular flexibility index (Phi) is 9.86. The van der Waals surface area contributed by atoms with Crippen molar-refractivity contribution in [2.75, 3.05) is 40.4 Å². The summed E-state index contributed by atoms with van der Waals surface area (Å²) < 4.78 is 25.3. The number of hydrogen-bond acceptors (Lipinski definition) is 7. The highest BCUT2D eigenvalue weighted by molar-refractivity contribution is 5.81. The van der Waals surface area contributed by atoms with Gasteiger partial charge in [0.05, 0.1) is 24.7 Å². The fraction of sp³-hybridized carbons (Fsp3) is 0.926. The van der Waals surface area contributed by atoms with Crippen LogP contribution in [0.15, 0.2) is 4.99 Å². The lowest BCUT2D eigenvalue weighted by atomic mass is 9.61. The van der Waals surface area contributed by atoms with Crippen molar-refractivity contribution in [1.82, 2.24) is 16.0 Å². The molecule has 36 heavy (non-hydrogen) atoms. The second-order valence-electron chi connectivity index (χ2n) is 11.8. The number of amides is 1. The zero-order chi connectivity index (χ0) is 25.7. The van der Waals surface area contributed by atoms with Crippen molar-refractivity contribution < 1.29 is 18.7 Å². The van der Waals surface area contributed by atoms with Crippen LogP contribution < -0.4 is 21.7 Å². The average molecular weight is 510 g/mol. The quantitative estimate of drug-likeness (QED) is 0.400. The van der Waals surface area contributed by atoms with Gasteiger partial charge in [-0.25, -0.2) is 4.39 Å². The number of nitrogens with zero attached hydrogens (tertiary/aromatic N) is 1. The molecule has 0 aromatic heterocycles. The molecule has 9 atom stereocenters. The van der Waals surface area contributed by atoms with Crippen molar-refractivity contribution in [1.29, 1.82) is 0 Å². The molecule has 1 heterocycles. The van der Waals surface area contributed by atoms with Crippen LogP contribution >= 0.6 is 0 Å². The minimum absolute atomic E-state index is 0.0638. The van der Waals surface area contributed by atoms with Crippen LogP contribution in [0.1, 0.15) is 58.3 Å². The van der Waals surface area contributed by atoms with Crippen molar-refractivity contribution in [3.05, 3.63) is 0 Å². The van der Waals surface area contributed by atoms with Gasteiger partial charge in [0.15, 0.2) is 5.96 Å². The number of nitrogens with two attached hydrogens (primary N) is 1. The van der Waals surface area contributed by atoms with Gasteiger partial charge in [-0.1, -0.05) is 6.92 Å². The van der Waals surface area contributed by atoms with Crippen molar-refractivity contribution in [3.8, 4) is 0 Å². The Labute approximate surface area is 216 Å². The first kappa shape index (κ1) is 27.6. The van der Waals surface area contributed by atoms with E-state index in [1.807, 2.05) is 0 Å². The number of nitrogens with one attached hydrogen (secondary N) is 3. The van der Waals surface area contributed by atoms with Gasteiger partial charge in [0.1, 0.15) is 6.17 Å². The summed E-state index contributed by atoms with van der Waals surface area (Å²) in [6.45, 7) is 5.23. The molecule has 5 N–H and O–H groups in total. The van der Waals surface area contributed by atoms with Crippen LogP contribution in [0.3, 0.4) is 0 Å². The average Bonchev–Trinajstić information content (AvgIpc) is 3.40. The maximum atomic E-state index is 14.1. The molecular weight excluding hydrogens is 461 g/mol. The summed E-state index contributed by atoms with van der Waals surface area (Å²) in [6.07, 6.45) is 6.23. The molecule has 4 rings (SSSR count). The standard InChI is InChI=1S/C27H48FN5O3/c1-16-8-19(28)4-5-22(16)23-11-18(15-33-27-30-6-7-31-27)12-24(25(23)29)26(34)32-14-17-9-20(35-2)13-21(10-17)36-3/h16-25H,4-15,29H2,1-3H3,(H,32,34)(H2,30,31,33). The molecule has 0 aromatic rings. The largest absolute Gasteiger partial charge is 0.381 e. The van der Waals surface area contributed by atoms with Gasteiger partial charge in [0.25, 0.3) is 0 Å². The molecule has 0 radical (unpaired) electrons. The first-order valence-electron chi connectivity index (χ1n) is 14.1. The first-order valence-corrected chi connectivity index (χ1v) is 14.1. The second-order valence-corrected chi connectivity index (χ2v) is 11.8. The Balaban J connectivity index is 1.40. The second kappa shape index (κ2) is 12.9. The molecule has 1 aliphatic heterocycles. The Morgan fingerprint density at radius 1 is 1.03 bits per heavy atom. The number of carbonyl (C=O) groups is 1. The van der Waals surface area contributed by atoms with E-state index in [0.29, 0.717) is 43.1 Å². The summed E-state index contributed by atoms with van der Waals surface area (Å²) in [6, 6.07) is -0.198. The Morgan fingerprint density at radius 3 is 2.39 bits per heavy atom. The van der Waals surface area contributed by atoms with Crippen LogP contribution in [0.25, 0.3) is 0 Å². The Bertz CT molecular complexity index is 743. The molecular formula is C27H48FN5O3. The third kappa shape index (κ3) is 6.90. The van der Waals surface area contributed by atoms with E-state index in [0.717, 1.165) is 64.1 Å². The molecule has 4 aliphatic rings. The molecule has 8 nitrogen and oxygen atoms in total. The lowest BCUT2D eigenvalue weighted by Gasteiger charge is -2.46. The van der Waals surface area contributed by atoms with E-state index in [2.05, 4.69) is 27.9 Å². The smallest absolute Gasteiger partial charge is 0.224 e. The fourth-order valence-electron chi connectivity index (χ4n) is 7.36. The van der Waals surface area contributed by atoms with Gasteiger partial charge in [0, 0.05) is 39.9 Å². The topological polar surface area (TPSA) is 110 Å². The van der Waals surface area contributed by atoms with Crippen LogP contribution in [0.5, 0.6) is 0 Å². The number of ether oxygens (including phenoxy) is 2. The predicted molar refractivity (Wildman–Crippen MR) is 139 cm³/mol. The van der Waals surface area contributed by atoms with E-state index in [4.69, 9.17) is 15.2 Å². The highest BCUT2D eigenvalue weighted by Crippen LogP contribution is 2.45. The number of rotatable bonds is 8. The van der Waals surface area contributed by atoms with E-state index in [1.54, 1.807) is 14.2 Å². The number of carbonyl (C=O) groups excluding carboxylic acids is 1. The van der Waals surface area contributed by atoms with E-state index in [9.17, 15) is 9.18 Å². The number of methoxy groups -OCH3 is 2. The maximum Gasteiger partial charge on any atom is 0.224 e. The van der Waals surface area contributed by atoms with Gasteiger partial charge in [-0.15, -0.1) is 0 Å². The molecule has 3 saturated carbocycles. The van der Waals surface area contributed by atoms with E-state index in [-0.39, 0.29) is 36.0 Å². The van der Waals surface area contributed by atoms with Gasteiger partial charge in [-0.05, 0) is 81.0 Å². The molecule has 3 aliphatic carbocycles. The molecule has 206 valence electrons. The van der Waals surface area contributed by atoms with Crippen LogP contribution in [0.4, 0.5) is 4.39 Å². The van der Waals surface area contributed by atoms with Gasteiger partial charge in [-0.3, -0.25) is 9.79 Å². The zero-order valence-corrected chi connectivity index (χ0v) is 22.4. The van der Waals surface area contributed by atoms with Crippen molar-refractivity contribution in [2.45, 2.75) is 82.7 Å². The molecule has 0 saturated heterocycles. The number of guanidine groups is 1. The Morgan fingerprint density at radius 2 is 1.75 bits per heavy atom. The number of halogens is 1. The molecule has 1 amide bonds. The van der Waals surface area contributed by atoms with E-state index < -0.39 is 6.17 Å². The predicted octanol–water partition coefficient (Wildman–Crippen LogP) is 2.23. The first-order chi connectivity index (χ1) is 17.4. The van der Waals surface area contributed by atoms with Crippen molar-refractivity contribution in [2.24, 2.45) is 46.2 Å². The number of aliphatic imine (C=N–C) groups is 1. The van der Waals surface area contributed by atoms with Gasteiger partial charge in [-0.2, -0.15) is 0 Å². The summed E-state index contributed by atoms with van der Waals surface area (Å²) in [7, 11) is 3.50. The van der Waals surface area contributed by atoms with Gasteiger partial charge < -0.3 is 31.2 Å². The highest BCUT2D eigenvalue weighted by atomic mass is 19.1. The number of hydrogen-bond donors (Lipinski definition) is 4. The molecule has 0 spiro atoms. The lowest BCUT2D eigenvalue weighted by molar-refractivity contribution is -0.129. The third-order valence-electron chi connectivity index (χ3n) is 9.39. The summed E-state index contributed by atoms with van der Waals surface area (Å²) >= 11 is 0. The monoisotopic (exact) mass is 509 g/mol. The third-order valence-corrected chi connectivity index (χ3v) is 9.39. The van der Waals surface area contributed by atoms with Gasteiger partial charge in [0.2, 0.25) is 5.91 Å². The van der Waals surface area contributed by atoms with Crippen molar-refractivity contribution >= 4 is 11.9 Å². The highest BCUT2D eigenvalue weighted by Gasteiger charge is 2.45. The van der Waals surface area contributed by atoms with Gasteiger partial charge >= 0.3 is 0 Å². The molecule has 0 bridgehead atoms. The molecule has 3 fully saturated rings. The fourth-order valence-corrected chi connectivity index (χ4v) is 7.36. The molecule has 9 heteroatoms. The summed E-state index contributed by atoms with van der Waals surface area (Å²) in [4.78, 5) is 18.0. The minimum atomic E-state index is -0.707.